The average molecular weight is 524 g/mol. The van der Waals surface area contributed by atoms with E-state index in [-0.39, 0.29) is 12.0 Å². The summed E-state index contributed by atoms with van der Waals surface area (Å²) >= 11 is 12.2. The third-order valence-electron chi connectivity index (χ3n) is 7.08. The van der Waals surface area contributed by atoms with Gasteiger partial charge in [-0.25, -0.2) is 0 Å². The highest BCUT2D eigenvalue weighted by Gasteiger charge is 2.18. The zero-order chi connectivity index (χ0) is 24.9. The lowest BCUT2D eigenvalue weighted by Gasteiger charge is -2.30. The summed E-state index contributed by atoms with van der Waals surface area (Å²) in [5, 5.41) is 12.3. The van der Waals surface area contributed by atoms with Crippen molar-refractivity contribution in [3.8, 4) is 16.9 Å². The van der Waals surface area contributed by atoms with Gasteiger partial charge in [-0.05, 0) is 79.8 Å². The van der Waals surface area contributed by atoms with E-state index in [0.29, 0.717) is 11.6 Å². The second-order valence-corrected chi connectivity index (χ2v) is 10.5. The molecule has 0 spiro atoms. The van der Waals surface area contributed by atoms with Crippen LogP contribution in [-0.2, 0) is 0 Å². The molecule has 0 radical (unpaired) electrons. The molecule has 0 aliphatic carbocycles. The molecule has 1 aliphatic rings. The first-order valence-electron chi connectivity index (χ1n) is 12.6. The summed E-state index contributed by atoms with van der Waals surface area (Å²) in [6.07, 6.45) is 5.49. The van der Waals surface area contributed by atoms with Gasteiger partial charge >= 0.3 is 0 Å². The number of ether oxygens (including phenoxy) is 1. The molecule has 4 nitrogen and oxygen atoms in total. The van der Waals surface area contributed by atoms with E-state index in [9.17, 15) is 5.11 Å². The van der Waals surface area contributed by atoms with E-state index >= 15 is 0 Å². The van der Waals surface area contributed by atoms with E-state index in [4.69, 9.17) is 32.4 Å². The van der Waals surface area contributed by atoms with Crippen LogP contribution < -0.4 is 4.74 Å². The molecule has 1 N–H and O–H groups in total. The number of furan rings is 1. The molecule has 5 rings (SSSR count). The van der Waals surface area contributed by atoms with Crippen LogP contribution in [0, 0.1) is 0 Å². The molecule has 4 aromatic rings. The molecule has 0 saturated carbocycles. The van der Waals surface area contributed by atoms with Gasteiger partial charge in [-0.1, -0.05) is 47.5 Å². The number of nitrogens with zero attached hydrogens (tertiary/aromatic N) is 1. The van der Waals surface area contributed by atoms with Gasteiger partial charge in [0, 0.05) is 46.1 Å². The third-order valence-corrected chi connectivity index (χ3v) is 7.58. The van der Waals surface area contributed by atoms with E-state index in [1.54, 1.807) is 6.26 Å². The number of fused-ring (bicyclic) bond motifs is 1. The molecule has 0 amide bonds. The summed E-state index contributed by atoms with van der Waals surface area (Å²) < 4.78 is 12.2. The zero-order valence-electron chi connectivity index (χ0n) is 20.2. The van der Waals surface area contributed by atoms with Crippen molar-refractivity contribution in [3.63, 3.8) is 0 Å². The summed E-state index contributed by atoms with van der Waals surface area (Å²) in [7, 11) is 0. The maximum Gasteiger partial charge on any atom is 0.138 e. The van der Waals surface area contributed by atoms with Crippen LogP contribution in [0.5, 0.6) is 5.75 Å². The number of halogens is 2. The smallest absolute Gasteiger partial charge is 0.138 e. The summed E-state index contributed by atoms with van der Waals surface area (Å²) in [4.78, 5) is 2.45. The number of aliphatic hydroxyl groups excluding tert-OH is 1. The average Bonchev–Trinajstić information content (AvgIpc) is 3.31. The fourth-order valence-corrected chi connectivity index (χ4v) is 5.19. The third kappa shape index (κ3) is 6.24. The number of hydrogen-bond donors (Lipinski definition) is 1. The molecule has 6 heteroatoms. The van der Waals surface area contributed by atoms with Gasteiger partial charge in [-0.3, -0.25) is 0 Å². The van der Waals surface area contributed by atoms with Crippen LogP contribution in [0.15, 0.2) is 77.4 Å². The summed E-state index contributed by atoms with van der Waals surface area (Å²) in [5.74, 6) is 1.05. The summed E-state index contributed by atoms with van der Waals surface area (Å²) in [6, 6.07) is 21.9. The molecule has 2 heterocycles. The molecule has 1 unspecified atom stereocenters. The van der Waals surface area contributed by atoms with Gasteiger partial charge in [0.15, 0.2) is 0 Å². The van der Waals surface area contributed by atoms with Gasteiger partial charge in [-0.15, -0.1) is 0 Å². The second-order valence-electron chi connectivity index (χ2n) is 9.59. The van der Waals surface area contributed by atoms with Crippen LogP contribution in [0.3, 0.4) is 0 Å². The Labute approximate surface area is 222 Å². The zero-order valence-corrected chi connectivity index (χ0v) is 21.7. The predicted octanol–water partition coefficient (Wildman–Crippen LogP) is 7.81. The minimum Gasteiger partial charge on any atom is -0.493 e. The fraction of sp³-hybridized carbons (Fsp3) is 0.333. The van der Waals surface area contributed by atoms with E-state index < -0.39 is 0 Å². The van der Waals surface area contributed by atoms with Crippen molar-refractivity contribution in [1.82, 2.24) is 4.90 Å². The minimum atomic E-state index is -0.134. The highest BCUT2D eigenvalue weighted by atomic mass is 35.5. The lowest BCUT2D eigenvalue weighted by Crippen LogP contribution is -2.36. The first-order valence-corrected chi connectivity index (χ1v) is 13.4. The largest absolute Gasteiger partial charge is 0.493 e. The van der Waals surface area contributed by atoms with Crippen LogP contribution in [0.2, 0.25) is 10.0 Å². The van der Waals surface area contributed by atoms with Crippen LogP contribution in [0.4, 0.5) is 0 Å². The Morgan fingerprint density at radius 3 is 2.36 bits per heavy atom. The molecule has 188 valence electrons. The van der Waals surface area contributed by atoms with Crippen molar-refractivity contribution in [1.29, 1.82) is 0 Å². The van der Waals surface area contributed by atoms with Crippen LogP contribution in [-0.4, -0.2) is 42.4 Å². The van der Waals surface area contributed by atoms with Gasteiger partial charge in [0.25, 0.3) is 0 Å². The van der Waals surface area contributed by atoms with Crippen LogP contribution in [0.25, 0.3) is 22.1 Å². The molecule has 1 aliphatic heterocycles. The summed E-state index contributed by atoms with van der Waals surface area (Å²) in [5.41, 5.74) is 4.14. The number of rotatable bonds is 9. The quantitative estimate of drug-likeness (QED) is 0.243. The lowest BCUT2D eigenvalue weighted by molar-refractivity contribution is 0.0813. The Hall–Kier alpha value is -2.50. The highest BCUT2D eigenvalue weighted by molar-refractivity contribution is 6.30. The summed E-state index contributed by atoms with van der Waals surface area (Å²) in [6.45, 7) is 3.58. The highest BCUT2D eigenvalue weighted by Crippen LogP contribution is 2.34. The first kappa shape index (κ1) is 25.2. The minimum absolute atomic E-state index is 0.134. The molecular weight excluding hydrogens is 493 g/mol. The van der Waals surface area contributed by atoms with Crippen molar-refractivity contribution < 1.29 is 14.3 Å². The van der Waals surface area contributed by atoms with Crippen molar-refractivity contribution in [2.75, 3.05) is 26.2 Å². The monoisotopic (exact) mass is 523 g/mol. The van der Waals surface area contributed by atoms with Crippen molar-refractivity contribution in [3.05, 3.63) is 88.6 Å². The maximum absolute atomic E-state index is 9.76. The molecule has 1 atom stereocenters. The van der Waals surface area contributed by atoms with Crippen LogP contribution in [0.1, 0.15) is 37.2 Å². The number of aliphatic hydroxyl groups is 1. The first-order chi connectivity index (χ1) is 17.5. The van der Waals surface area contributed by atoms with E-state index in [1.165, 1.54) is 5.56 Å². The molecule has 1 fully saturated rings. The Morgan fingerprint density at radius 2 is 1.64 bits per heavy atom. The molecule has 1 saturated heterocycles. The van der Waals surface area contributed by atoms with Gasteiger partial charge in [0.2, 0.25) is 0 Å². The maximum atomic E-state index is 9.76. The van der Waals surface area contributed by atoms with E-state index in [0.717, 1.165) is 78.2 Å². The second kappa shape index (κ2) is 11.7. The van der Waals surface area contributed by atoms with Crippen molar-refractivity contribution in [2.45, 2.75) is 37.7 Å². The van der Waals surface area contributed by atoms with Crippen molar-refractivity contribution >= 4 is 34.2 Å². The number of piperidine rings is 1. The Bertz CT molecular complexity index is 1260. The van der Waals surface area contributed by atoms with Gasteiger partial charge in [-0.2, -0.15) is 0 Å². The fourth-order valence-electron chi connectivity index (χ4n) is 4.93. The number of benzene rings is 3. The van der Waals surface area contributed by atoms with Gasteiger partial charge < -0.3 is 19.2 Å². The van der Waals surface area contributed by atoms with E-state index in [2.05, 4.69) is 23.1 Å². The molecular formula is C30H31Cl2NO3. The molecule has 0 bridgehead atoms. The normalized spacial score (nSPS) is 15.9. The number of hydrogen-bond acceptors (Lipinski definition) is 4. The van der Waals surface area contributed by atoms with Crippen LogP contribution >= 0.6 is 23.2 Å². The van der Waals surface area contributed by atoms with Crippen molar-refractivity contribution in [2.24, 2.45) is 0 Å². The Kier molecular flexibility index (Phi) is 8.18. The topological polar surface area (TPSA) is 45.8 Å². The lowest BCUT2D eigenvalue weighted by atomic mass is 9.94. The SMILES string of the molecule is OC1CCN(CCCC(COc2ccc3c(-c4ccc(Cl)cc4)coc3c2)c2ccc(Cl)cc2)CC1. The Morgan fingerprint density at radius 1 is 0.944 bits per heavy atom. The standard InChI is InChI=1S/C30H31Cl2NO3/c31-24-7-3-21(4-8-24)23(2-1-15-33-16-13-26(34)14-17-33)19-35-27-11-12-28-29(20-36-30(28)18-27)22-5-9-25(32)10-6-22/h3-12,18,20,23,26,34H,1-2,13-17,19H2. The molecule has 3 aromatic carbocycles. The van der Waals surface area contributed by atoms with Gasteiger partial charge in [0.1, 0.15) is 11.3 Å². The van der Waals surface area contributed by atoms with Gasteiger partial charge in [0.05, 0.1) is 19.0 Å². The predicted molar refractivity (Wildman–Crippen MR) is 147 cm³/mol. The van der Waals surface area contributed by atoms with E-state index in [1.807, 2.05) is 48.5 Å². The molecule has 1 aromatic heterocycles. The Balaban J connectivity index is 1.25. The number of likely N-dealkylation sites (tertiary alicyclic amines) is 1. The molecule has 36 heavy (non-hydrogen) atoms.